The number of ether oxygens (including phenoxy) is 1. The van der Waals surface area contributed by atoms with Crippen molar-refractivity contribution in [3.8, 4) is 5.75 Å². The third kappa shape index (κ3) is 3.72. The zero-order valence-corrected chi connectivity index (χ0v) is 10.2. The van der Waals surface area contributed by atoms with Gasteiger partial charge in [-0.05, 0) is 17.7 Å². The molecule has 0 heterocycles. The summed E-state index contributed by atoms with van der Waals surface area (Å²) < 4.78 is 5.05. The topological polar surface area (TPSA) is 59.0 Å². The Morgan fingerprint density at radius 1 is 1.47 bits per heavy atom. The first-order valence-electron chi connectivity index (χ1n) is 5.21. The minimum atomic E-state index is -0.866. The normalized spacial score (nSPS) is 12.0. The molecule has 94 valence electrons. The van der Waals surface area contributed by atoms with Crippen LogP contribution in [0.2, 0.25) is 0 Å². The number of aliphatic hydroxyl groups is 1. The molecule has 0 aliphatic carbocycles. The van der Waals surface area contributed by atoms with Crippen LogP contribution in [-0.2, 0) is 9.63 Å². The van der Waals surface area contributed by atoms with Crippen LogP contribution in [0.4, 0.5) is 0 Å². The van der Waals surface area contributed by atoms with Crippen LogP contribution < -0.4 is 4.74 Å². The molecule has 5 nitrogen and oxygen atoms in total. The summed E-state index contributed by atoms with van der Waals surface area (Å²) >= 11 is 0. The number of hydrogen-bond acceptors (Lipinski definition) is 4. The van der Waals surface area contributed by atoms with Gasteiger partial charge in [-0.15, -0.1) is 0 Å². The van der Waals surface area contributed by atoms with E-state index in [-0.39, 0.29) is 12.3 Å². The Kier molecular flexibility index (Phi) is 4.93. The van der Waals surface area contributed by atoms with Crippen LogP contribution in [0.1, 0.15) is 18.1 Å². The standard InChI is InChI=1S/C12H17NO4/c1-13(17-3)12(15)8-11(14)9-5-4-6-10(7-9)16-2/h4-7,11,14H,8H2,1-3H3. The van der Waals surface area contributed by atoms with Gasteiger partial charge >= 0.3 is 0 Å². The molecule has 1 atom stereocenters. The van der Waals surface area contributed by atoms with Gasteiger partial charge in [-0.1, -0.05) is 12.1 Å². The van der Waals surface area contributed by atoms with Crippen molar-refractivity contribution < 1.29 is 19.5 Å². The number of aliphatic hydroxyl groups excluding tert-OH is 1. The molecule has 5 heteroatoms. The predicted octanol–water partition coefficient (Wildman–Crippen LogP) is 1.14. The fourth-order valence-electron chi connectivity index (χ4n) is 1.36. The van der Waals surface area contributed by atoms with Crippen LogP contribution in [0.5, 0.6) is 5.75 Å². The molecule has 0 fully saturated rings. The van der Waals surface area contributed by atoms with Crippen LogP contribution in [0, 0.1) is 0 Å². The lowest BCUT2D eigenvalue weighted by Gasteiger charge is -2.16. The fourth-order valence-corrected chi connectivity index (χ4v) is 1.36. The number of amides is 1. The molecule has 17 heavy (non-hydrogen) atoms. The average molecular weight is 239 g/mol. The Bertz CT molecular complexity index is 381. The van der Waals surface area contributed by atoms with E-state index in [0.29, 0.717) is 11.3 Å². The van der Waals surface area contributed by atoms with Gasteiger partial charge in [0.15, 0.2) is 0 Å². The number of hydroxylamine groups is 2. The maximum absolute atomic E-state index is 11.5. The third-order valence-corrected chi connectivity index (χ3v) is 2.47. The average Bonchev–Trinajstić information content (AvgIpc) is 2.37. The second kappa shape index (κ2) is 6.22. The molecule has 0 radical (unpaired) electrons. The molecule has 1 N–H and O–H groups in total. The van der Waals surface area contributed by atoms with E-state index in [2.05, 4.69) is 0 Å². The van der Waals surface area contributed by atoms with E-state index in [4.69, 9.17) is 9.57 Å². The molecule has 0 saturated carbocycles. The summed E-state index contributed by atoms with van der Waals surface area (Å²) in [6.07, 6.45) is -0.896. The summed E-state index contributed by atoms with van der Waals surface area (Å²) in [5.41, 5.74) is 0.641. The van der Waals surface area contributed by atoms with Gasteiger partial charge in [0.25, 0.3) is 0 Å². The number of hydrogen-bond donors (Lipinski definition) is 1. The molecule has 1 aromatic carbocycles. The minimum absolute atomic E-state index is 0.0303. The first-order chi connectivity index (χ1) is 8.08. The van der Waals surface area contributed by atoms with E-state index in [1.807, 2.05) is 0 Å². The smallest absolute Gasteiger partial charge is 0.248 e. The molecule has 0 aromatic heterocycles. The zero-order chi connectivity index (χ0) is 12.8. The highest BCUT2D eigenvalue weighted by molar-refractivity contribution is 5.75. The molecule has 0 aliphatic rings. The van der Waals surface area contributed by atoms with Crippen LogP contribution >= 0.6 is 0 Å². The highest BCUT2D eigenvalue weighted by atomic mass is 16.7. The van der Waals surface area contributed by atoms with Crippen molar-refractivity contribution in [3.05, 3.63) is 29.8 Å². The Balaban J connectivity index is 2.69. The van der Waals surface area contributed by atoms with Gasteiger partial charge in [0, 0.05) is 7.05 Å². The monoisotopic (exact) mass is 239 g/mol. The SMILES string of the molecule is COc1cccc(C(O)CC(=O)N(C)OC)c1. The molecule has 0 spiro atoms. The number of rotatable bonds is 5. The van der Waals surface area contributed by atoms with Crippen molar-refractivity contribution >= 4 is 5.91 Å². The van der Waals surface area contributed by atoms with Crippen LogP contribution in [-0.4, -0.2) is 37.3 Å². The van der Waals surface area contributed by atoms with E-state index in [1.165, 1.54) is 14.2 Å². The van der Waals surface area contributed by atoms with Gasteiger partial charge in [0.05, 0.1) is 26.7 Å². The maximum Gasteiger partial charge on any atom is 0.248 e. The van der Waals surface area contributed by atoms with Gasteiger partial charge in [0.1, 0.15) is 5.75 Å². The van der Waals surface area contributed by atoms with Crippen molar-refractivity contribution in [2.75, 3.05) is 21.3 Å². The van der Waals surface area contributed by atoms with Crippen LogP contribution in [0.25, 0.3) is 0 Å². The summed E-state index contributed by atoms with van der Waals surface area (Å²) in [6, 6.07) is 6.99. The highest BCUT2D eigenvalue weighted by Crippen LogP contribution is 2.21. The summed E-state index contributed by atoms with van der Waals surface area (Å²) in [5, 5.41) is 11.0. The van der Waals surface area contributed by atoms with Crippen molar-refractivity contribution in [2.45, 2.75) is 12.5 Å². The van der Waals surface area contributed by atoms with Gasteiger partial charge in [-0.2, -0.15) is 0 Å². The molecule has 1 amide bonds. The number of carbonyl (C=O) groups excluding carboxylic acids is 1. The molecule has 1 aromatic rings. The van der Waals surface area contributed by atoms with Crippen molar-refractivity contribution in [2.24, 2.45) is 0 Å². The van der Waals surface area contributed by atoms with Crippen molar-refractivity contribution in [1.29, 1.82) is 0 Å². The van der Waals surface area contributed by atoms with Crippen LogP contribution in [0.15, 0.2) is 24.3 Å². The predicted molar refractivity (Wildman–Crippen MR) is 62.3 cm³/mol. The molecular formula is C12H17NO4. The zero-order valence-electron chi connectivity index (χ0n) is 10.2. The van der Waals surface area contributed by atoms with Gasteiger partial charge in [0.2, 0.25) is 5.91 Å². The molecule has 0 aliphatic heterocycles. The van der Waals surface area contributed by atoms with E-state index >= 15 is 0 Å². The van der Waals surface area contributed by atoms with E-state index in [9.17, 15) is 9.90 Å². The third-order valence-electron chi connectivity index (χ3n) is 2.47. The largest absolute Gasteiger partial charge is 0.497 e. The Hall–Kier alpha value is -1.59. The molecular weight excluding hydrogens is 222 g/mol. The maximum atomic E-state index is 11.5. The Labute approximate surface area is 101 Å². The van der Waals surface area contributed by atoms with E-state index < -0.39 is 6.10 Å². The fraction of sp³-hybridized carbons (Fsp3) is 0.417. The second-order valence-electron chi connectivity index (χ2n) is 3.57. The van der Waals surface area contributed by atoms with Gasteiger partial charge < -0.3 is 9.84 Å². The van der Waals surface area contributed by atoms with Crippen molar-refractivity contribution in [3.63, 3.8) is 0 Å². The minimum Gasteiger partial charge on any atom is -0.497 e. The lowest BCUT2D eigenvalue weighted by atomic mass is 10.1. The van der Waals surface area contributed by atoms with E-state index in [0.717, 1.165) is 5.06 Å². The molecule has 1 unspecified atom stereocenters. The number of nitrogens with zero attached hydrogens (tertiary/aromatic N) is 1. The summed E-state index contributed by atoms with van der Waals surface area (Å²) in [6.45, 7) is 0. The first kappa shape index (κ1) is 13.5. The highest BCUT2D eigenvalue weighted by Gasteiger charge is 2.16. The lowest BCUT2D eigenvalue weighted by Crippen LogP contribution is -2.26. The number of carbonyl (C=O) groups is 1. The lowest BCUT2D eigenvalue weighted by molar-refractivity contribution is -0.170. The van der Waals surface area contributed by atoms with Gasteiger partial charge in [-0.3, -0.25) is 9.63 Å². The van der Waals surface area contributed by atoms with Gasteiger partial charge in [-0.25, -0.2) is 5.06 Å². The van der Waals surface area contributed by atoms with Crippen LogP contribution in [0.3, 0.4) is 0 Å². The number of benzene rings is 1. The quantitative estimate of drug-likeness (QED) is 0.783. The molecule has 0 bridgehead atoms. The molecule has 0 saturated heterocycles. The summed E-state index contributed by atoms with van der Waals surface area (Å²) in [5.74, 6) is 0.358. The summed E-state index contributed by atoms with van der Waals surface area (Å²) in [4.78, 5) is 16.3. The Morgan fingerprint density at radius 3 is 2.76 bits per heavy atom. The first-order valence-corrected chi connectivity index (χ1v) is 5.21. The van der Waals surface area contributed by atoms with E-state index in [1.54, 1.807) is 31.4 Å². The summed E-state index contributed by atoms with van der Waals surface area (Å²) in [7, 11) is 4.45. The number of methoxy groups -OCH3 is 1. The second-order valence-corrected chi connectivity index (χ2v) is 3.57. The Morgan fingerprint density at radius 2 is 2.18 bits per heavy atom. The molecule has 1 rings (SSSR count). The van der Waals surface area contributed by atoms with Crippen molar-refractivity contribution in [1.82, 2.24) is 5.06 Å².